The largest absolute Gasteiger partial charge is 0.358 e. The molecule has 0 atom stereocenters. The second-order valence-electron chi connectivity index (χ2n) is 2.94. The minimum atomic E-state index is -2.49. The number of thiocarbonyl (C=S) groups is 1. The van der Waals surface area contributed by atoms with Crippen LogP contribution in [0.4, 0.5) is 0 Å². The van der Waals surface area contributed by atoms with Crippen LogP contribution in [0.1, 0.15) is 13.8 Å². The average molecular weight is 297 g/mol. The summed E-state index contributed by atoms with van der Waals surface area (Å²) in [7, 11) is 1.76. The molecule has 17 heavy (non-hydrogen) atoms. The molecule has 0 radical (unpaired) electrons. The molecule has 0 rings (SSSR count). The predicted octanol–water partition coefficient (Wildman–Crippen LogP) is 1.78. The molecule has 0 saturated carbocycles. The predicted molar refractivity (Wildman–Crippen MR) is 79.2 cm³/mol. The molecule has 5 nitrogen and oxygen atoms in total. The van der Waals surface area contributed by atoms with Gasteiger partial charge < -0.3 is 14.4 Å². The van der Waals surface area contributed by atoms with Gasteiger partial charge in [-0.15, -0.1) is 11.4 Å². The van der Waals surface area contributed by atoms with Crippen LogP contribution in [0.2, 0.25) is 0 Å². The molecule has 0 aromatic carbocycles. The lowest BCUT2D eigenvalue weighted by molar-refractivity contribution is 0.217. The first-order chi connectivity index (χ1) is 8.00. The van der Waals surface area contributed by atoms with Crippen LogP contribution >= 0.6 is 18.9 Å². The van der Waals surface area contributed by atoms with Crippen molar-refractivity contribution in [3.05, 3.63) is 12.7 Å². The zero-order chi connectivity index (χ0) is 13.3. The minimum Gasteiger partial charge on any atom is -0.358 e. The summed E-state index contributed by atoms with van der Waals surface area (Å²) >= 11 is 10.5. The maximum atomic E-state index is 5.50. The van der Waals surface area contributed by atoms with Crippen molar-refractivity contribution in [3.8, 4) is 0 Å². The molecule has 0 spiro atoms. The first-order valence-corrected chi connectivity index (χ1v) is 8.28. The van der Waals surface area contributed by atoms with Gasteiger partial charge in [-0.2, -0.15) is 0 Å². The van der Waals surface area contributed by atoms with Crippen molar-refractivity contribution in [2.75, 3.05) is 26.8 Å². The minimum absolute atomic E-state index is 0.459. The zero-order valence-corrected chi connectivity index (χ0v) is 13.0. The van der Waals surface area contributed by atoms with Crippen LogP contribution in [0.3, 0.4) is 0 Å². The number of nitrogens with one attached hydrogen (secondary N) is 2. The Bertz CT molecular complexity index is 292. The fourth-order valence-corrected chi connectivity index (χ4v) is 3.29. The summed E-state index contributed by atoms with van der Waals surface area (Å²) in [6.07, 6.45) is 1.72. The van der Waals surface area contributed by atoms with Crippen LogP contribution in [0.5, 0.6) is 0 Å². The van der Waals surface area contributed by atoms with E-state index in [1.807, 2.05) is 13.8 Å². The quantitative estimate of drug-likeness (QED) is 0.306. The first-order valence-electron chi connectivity index (χ1n) is 5.28. The molecule has 8 heteroatoms. The van der Waals surface area contributed by atoms with Gasteiger partial charge in [-0.3, -0.25) is 5.43 Å². The molecule has 0 saturated heterocycles. The normalized spacial score (nSPS) is 11.3. The van der Waals surface area contributed by atoms with Gasteiger partial charge in [-0.05, 0) is 37.9 Å². The van der Waals surface area contributed by atoms with Gasteiger partial charge in [0.15, 0.2) is 5.11 Å². The summed E-state index contributed by atoms with van der Waals surface area (Å²) in [4.78, 5) is 0. The molecule has 0 aliphatic rings. The van der Waals surface area contributed by atoms with Crippen LogP contribution in [0, 0.1) is 0 Å². The molecule has 0 unspecified atom stereocenters. The van der Waals surface area contributed by atoms with Crippen molar-refractivity contribution in [2.45, 2.75) is 13.8 Å². The summed E-state index contributed by atoms with van der Waals surface area (Å²) in [6, 6.07) is 0. The Morgan fingerprint density at radius 2 is 1.94 bits per heavy atom. The number of hydrogen-bond donors (Lipinski definition) is 2. The maximum absolute atomic E-state index is 5.50. The van der Waals surface area contributed by atoms with E-state index in [-0.39, 0.29) is 0 Å². The standard InChI is InChI=1S/C9H20N3O2PS2/c1-5-8-10-9(16)11-12(4)15(17,13-6-2)14-7-3/h5H,1,6-8H2,2-4H3,(H2,10,11,16). The molecule has 0 heterocycles. The lowest BCUT2D eigenvalue weighted by Crippen LogP contribution is -2.44. The van der Waals surface area contributed by atoms with Gasteiger partial charge in [-0.1, -0.05) is 6.08 Å². The van der Waals surface area contributed by atoms with Gasteiger partial charge >= 0.3 is 0 Å². The lowest BCUT2D eigenvalue weighted by atomic mass is 10.6. The van der Waals surface area contributed by atoms with Crippen molar-refractivity contribution in [1.82, 2.24) is 15.5 Å². The van der Waals surface area contributed by atoms with Crippen molar-refractivity contribution in [1.29, 1.82) is 0 Å². The molecule has 0 fully saturated rings. The van der Waals surface area contributed by atoms with E-state index in [1.165, 1.54) is 0 Å². The molecule has 0 bridgehead atoms. The van der Waals surface area contributed by atoms with Crippen LogP contribution < -0.4 is 10.7 Å². The Balaban J connectivity index is 4.41. The highest BCUT2D eigenvalue weighted by molar-refractivity contribution is 8.08. The summed E-state index contributed by atoms with van der Waals surface area (Å²) in [5.74, 6) is 0. The van der Waals surface area contributed by atoms with Gasteiger partial charge in [-0.25, -0.2) is 0 Å². The Hall–Kier alpha value is -0.0400. The van der Waals surface area contributed by atoms with E-state index in [0.29, 0.717) is 24.9 Å². The number of nitrogens with zero attached hydrogens (tertiary/aromatic N) is 1. The van der Waals surface area contributed by atoms with Crippen LogP contribution in [-0.4, -0.2) is 36.7 Å². The molecule has 0 aliphatic heterocycles. The molecule has 0 amide bonds. The van der Waals surface area contributed by atoms with Crippen LogP contribution in [-0.2, 0) is 20.9 Å². The Kier molecular flexibility index (Phi) is 8.94. The molecule has 0 aromatic rings. The summed E-state index contributed by atoms with van der Waals surface area (Å²) in [5, 5.41) is 3.40. The molecular weight excluding hydrogens is 277 g/mol. The summed E-state index contributed by atoms with van der Waals surface area (Å²) in [6.45, 7) is 6.43. The van der Waals surface area contributed by atoms with Crippen molar-refractivity contribution < 1.29 is 9.05 Å². The van der Waals surface area contributed by atoms with E-state index in [0.717, 1.165) is 0 Å². The highest BCUT2D eigenvalue weighted by Gasteiger charge is 2.25. The topological polar surface area (TPSA) is 45.8 Å². The van der Waals surface area contributed by atoms with E-state index >= 15 is 0 Å². The molecule has 0 aliphatic carbocycles. The van der Waals surface area contributed by atoms with Gasteiger partial charge in [0.25, 0.3) is 6.64 Å². The van der Waals surface area contributed by atoms with Gasteiger partial charge in [0.2, 0.25) is 0 Å². The average Bonchev–Trinajstić information content (AvgIpc) is 2.27. The van der Waals surface area contributed by atoms with Crippen LogP contribution in [0.15, 0.2) is 12.7 Å². The van der Waals surface area contributed by atoms with Gasteiger partial charge in [0.1, 0.15) is 0 Å². The fraction of sp³-hybridized carbons (Fsp3) is 0.667. The third-order valence-corrected chi connectivity index (χ3v) is 5.23. The maximum Gasteiger partial charge on any atom is 0.281 e. The molecule has 2 N–H and O–H groups in total. The Morgan fingerprint density at radius 1 is 1.41 bits per heavy atom. The van der Waals surface area contributed by atoms with Crippen molar-refractivity contribution in [3.63, 3.8) is 0 Å². The lowest BCUT2D eigenvalue weighted by Gasteiger charge is -2.30. The van der Waals surface area contributed by atoms with Crippen molar-refractivity contribution in [2.24, 2.45) is 0 Å². The Labute approximate surface area is 114 Å². The SMILES string of the molecule is C=CCNC(=S)NN(C)P(=S)(OCC)OCC. The third-order valence-electron chi connectivity index (χ3n) is 1.62. The zero-order valence-electron chi connectivity index (χ0n) is 10.4. The second kappa shape index (κ2) is 8.97. The Morgan fingerprint density at radius 3 is 2.35 bits per heavy atom. The second-order valence-corrected chi connectivity index (χ2v) is 6.78. The van der Waals surface area contributed by atoms with Gasteiger partial charge in [0.05, 0.1) is 13.2 Å². The van der Waals surface area contributed by atoms with Crippen molar-refractivity contribution >= 4 is 35.8 Å². The highest BCUT2D eigenvalue weighted by Crippen LogP contribution is 2.49. The number of hydrazine groups is 1. The van der Waals surface area contributed by atoms with E-state index in [2.05, 4.69) is 17.3 Å². The molecule has 100 valence electrons. The van der Waals surface area contributed by atoms with E-state index in [9.17, 15) is 0 Å². The van der Waals surface area contributed by atoms with E-state index < -0.39 is 6.64 Å². The summed E-state index contributed by atoms with van der Waals surface area (Å²) in [5.41, 5.74) is 2.93. The summed E-state index contributed by atoms with van der Waals surface area (Å²) < 4.78 is 12.6. The fourth-order valence-electron chi connectivity index (χ4n) is 0.949. The molecule has 0 aromatic heterocycles. The van der Waals surface area contributed by atoms with Crippen LogP contribution in [0.25, 0.3) is 0 Å². The first kappa shape index (κ1) is 17.0. The highest BCUT2D eigenvalue weighted by atomic mass is 32.5. The number of rotatable bonds is 8. The van der Waals surface area contributed by atoms with Gasteiger partial charge in [0, 0.05) is 13.6 Å². The number of hydrogen-bond acceptors (Lipinski definition) is 4. The van der Waals surface area contributed by atoms with E-state index in [1.54, 1.807) is 17.9 Å². The molecular formula is C9H20N3O2PS2. The van der Waals surface area contributed by atoms with E-state index in [4.69, 9.17) is 33.1 Å². The monoisotopic (exact) mass is 297 g/mol. The smallest absolute Gasteiger partial charge is 0.281 e. The third kappa shape index (κ3) is 6.45.